The monoisotopic (exact) mass is 437 g/mol. The third kappa shape index (κ3) is 3.94. The average Bonchev–Trinajstić information content (AvgIpc) is 2.78. The van der Waals surface area contributed by atoms with Gasteiger partial charge in [0, 0.05) is 24.8 Å². The predicted molar refractivity (Wildman–Crippen MR) is 118 cm³/mol. The second-order valence-corrected chi connectivity index (χ2v) is 9.23. The molecule has 0 saturated heterocycles. The number of carbonyl (C=O) groups excluding carboxylic acids is 1. The molecule has 0 bridgehead atoms. The number of ketones is 1. The quantitative estimate of drug-likeness (QED) is 0.542. The summed E-state index contributed by atoms with van der Waals surface area (Å²) in [4.78, 5) is 13.6. The van der Waals surface area contributed by atoms with Crippen LogP contribution in [-0.4, -0.2) is 34.6 Å². The highest BCUT2D eigenvalue weighted by atomic mass is 32.2. The molecule has 1 aliphatic heterocycles. The van der Waals surface area contributed by atoms with Gasteiger partial charge in [-0.25, -0.2) is 8.42 Å². The number of aryl methyl sites for hydroxylation is 1. The highest BCUT2D eigenvalue weighted by Crippen LogP contribution is 2.40. The van der Waals surface area contributed by atoms with E-state index < -0.39 is 15.9 Å². The van der Waals surface area contributed by atoms with Crippen LogP contribution < -0.4 is 9.04 Å². The summed E-state index contributed by atoms with van der Waals surface area (Å²) in [6, 6.07) is 20.7. The van der Waals surface area contributed by atoms with Crippen molar-refractivity contribution in [2.24, 2.45) is 0 Å². The molecule has 0 N–H and O–H groups in total. The van der Waals surface area contributed by atoms with Crippen molar-refractivity contribution < 1.29 is 22.7 Å². The van der Waals surface area contributed by atoms with Crippen LogP contribution in [0.3, 0.4) is 0 Å². The van der Waals surface area contributed by atoms with Gasteiger partial charge in [-0.05, 0) is 37.3 Å². The molecule has 0 spiro atoms. The first-order chi connectivity index (χ1) is 14.9. The molecule has 7 heteroatoms. The van der Waals surface area contributed by atoms with Crippen molar-refractivity contribution in [3.05, 3.63) is 89.5 Å². The van der Waals surface area contributed by atoms with E-state index in [1.807, 2.05) is 13.0 Å². The lowest BCUT2D eigenvalue weighted by Crippen LogP contribution is -2.42. The van der Waals surface area contributed by atoms with Gasteiger partial charge in [0.25, 0.3) is 10.0 Å². The molecule has 3 aromatic rings. The molecule has 0 aromatic heterocycles. The molecule has 0 radical (unpaired) electrons. The van der Waals surface area contributed by atoms with Crippen molar-refractivity contribution in [2.45, 2.75) is 17.7 Å². The van der Waals surface area contributed by atoms with Crippen LogP contribution in [0.5, 0.6) is 5.75 Å². The predicted octanol–water partition coefficient (Wildman–Crippen LogP) is 4.15. The number of carbonyl (C=O) groups is 1. The zero-order valence-electron chi connectivity index (χ0n) is 17.3. The van der Waals surface area contributed by atoms with Crippen LogP contribution in [0.4, 0.5) is 5.69 Å². The molecule has 31 heavy (non-hydrogen) atoms. The number of para-hydroxylation sites is 2. The van der Waals surface area contributed by atoms with Gasteiger partial charge in [0.1, 0.15) is 5.75 Å². The van der Waals surface area contributed by atoms with Crippen LogP contribution in [0.25, 0.3) is 0 Å². The van der Waals surface area contributed by atoms with Gasteiger partial charge in [0.2, 0.25) is 0 Å². The fourth-order valence-corrected chi connectivity index (χ4v) is 5.26. The van der Waals surface area contributed by atoms with Crippen molar-refractivity contribution >= 4 is 21.5 Å². The lowest BCUT2D eigenvalue weighted by atomic mass is 9.86. The van der Waals surface area contributed by atoms with Crippen LogP contribution in [0.15, 0.2) is 77.7 Å². The van der Waals surface area contributed by atoms with Gasteiger partial charge >= 0.3 is 0 Å². The maximum Gasteiger partial charge on any atom is 0.264 e. The summed E-state index contributed by atoms with van der Waals surface area (Å²) in [5.41, 5.74) is 2.36. The third-order valence-corrected chi connectivity index (χ3v) is 7.13. The Balaban J connectivity index is 1.82. The Morgan fingerprint density at radius 1 is 0.968 bits per heavy atom. The molecule has 4 rings (SSSR count). The summed E-state index contributed by atoms with van der Waals surface area (Å²) in [5.74, 6) is -0.350. The zero-order chi connectivity index (χ0) is 22.0. The fraction of sp³-hybridized carbons (Fsp3) is 0.208. The number of fused-ring (bicyclic) bond motifs is 1. The second-order valence-electron chi connectivity index (χ2n) is 7.37. The molecular weight excluding hydrogens is 414 g/mol. The summed E-state index contributed by atoms with van der Waals surface area (Å²) in [5, 5.41) is 0. The number of rotatable bonds is 6. The Bertz CT molecular complexity index is 1200. The summed E-state index contributed by atoms with van der Waals surface area (Å²) in [6.07, 6.45) is 0. The number of nitrogens with zero attached hydrogens (tertiary/aromatic N) is 1. The maximum atomic E-state index is 13.6. The molecule has 6 nitrogen and oxygen atoms in total. The number of anilines is 1. The van der Waals surface area contributed by atoms with Gasteiger partial charge in [-0.2, -0.15) is 0 Å². The summed E-state index contributed by atoms with van der Waals surface area (Å²) in [7, 11) is -2.36. The summed E-state index contributed by atoms with van der Waals surface area (Å²) >= 11 is 0. The normalized spacial score (nSPS) is 16.1. The van der Waals surface area contributed by atoms with E-state index in [1.165, 1.54) is 11.4 Å². The lowest BCUT2D eigenvalue weighted by molar-refractivity contribution is 0.0500. The van der Waals surface area contributed by atoms with Gasteiger partial charge in [-0.1, -0.05) is 48.0 Å². The van der Waals surface area contributed by atoms with E-state index in [1.54, 1.807) is 66.7 Å². The molecule has 0 saturated carbocycles. The van der Waals surface area contributed by atoms with Crippen LogP contribution >= 0.6 is 0 Å². The van der Waals surface area contributed by atoms with E-state index in [2.05, 4.69) is 0 Å². The molecule has 0 fully saturated rings. The van der Waals surface area contributed by atoms with E-state index in [4.69, 9.17) is 9.47 Å². The lowest BCUT2D eigenvalue weighted by Gasteiger charge is -2.35. The Labute approximate surface area is 182 Å². The minimum Gasteiger partial charge on any atom is -0.467 e. The first-order valence-corrected chi connectivity index (χ1v) is 11.3. The fourth-order valence-electron chi connectivity index (χ4n) is 3.76. The van der Waals surface area contributed by atoms with Gasteiger partial charge in [0.15, 0.2) is 12.6 Å². The number of ether oxygens (including phenoxy) is 2. The molecule has 3 aromatic carbocycles. The Hall–Kier alpha value is -3.16. The number of sulfonamides is 1. The first kappa shape index (κ1) is 21.1. The van der Waals surface area contributed by atoms with Crippen molar-refractivity contribution in [3.8, 4) is 5.75 Å². The van der Waals surface area contributed by atoms with Gasteiger partial charge in [-0.3, -0.25) is 9.10 Å². The van der Waals surface area contributed by atoms with Crippen molar-refractivity contribution in [1.29, 1.82) is 0 Å². The first-order valence-electron chi connectivity index (χ1n) is 9.87. The molecule has 160 valence electrons. The van der Waals surface area contributed by atoms with Crippen molar-refractivity contribution in [2.75, 3.05) is 24.8 Å². The molecule has 0 amide bonds. The SMILES string of the molecule is COCOc1ccccc1C1CN(S(=O)(=O)c2ccc(C)cc2)c2ccccc2C1=O. The summed E-state index contributed by atoms with van der Waals surface area (Å²) in [6.45, 7) is 1.91. The minimum atomic E-state index is -3.87. The van der Waals surface area contributed by atoms with E-state index >= 15 is 0 Å². The van der Waals surface area contributed by atoms with E-state index in [0.29, 0.717) is 22.6 Å². The molecule has 1 heterocycles. The van der Waals surface area contributed by atoms with Crippen LogP contribution in [0.2, 0.25) is 0 Å². The highest BCUT2D eigenvalue weighted by Gasteiger charge is 2.39. The number of hydrogen-bond acceptors (Lipinski definition) is 5. The number of methoxy groups -OCH3 is 1. The number of Topliss-reactive ketones (excluding diaryl/α,β-unsaturated/α-hetero) is 1. The highest BCUT2D eigenvalue weighted by molar-refractivity contribution is 7.92. The molecule has 1 atom stereocenters. The Morgan fingerprint density at radius 2 is 1.65 bits per heavy atom. The summed E-state index contributed by atoms with van der Waals surface area (Å²) < 4.78 is 39.1. The molecule has 1 unspecified atom stereocenters. The van der Waals surface area contributed by atoms with Gasteiger partial charge in [-0.15, -0.1) is 0 Å². The molecule has 1 aliphatic rings. The van der Waals surface area contributed by atoms with Gasteiger partial charge in [0.05, 0.1) is 16.5 Å². The van der Waals surface area contributed by atoms with Crippen molar-refractivity contribution in [1.82, 2.24) is 0 Å². The van der Waals surface area contributed by atoms with Crippen LogP contribution in [-0.2, 0) is 14.8 Å². The maximum absolute atomic E-state index is 13.6. The number of benzene rings is 3. The number of hydrogen-bond donors (Lipinski definition) is 0. The topological polar surface area (TPSA) is 72.9 Å². The van der Waals surface area contributed by atoms with Gasteiger partial charge < -0.3 is 9.47 Å². The smallest absolute Gasteiger partial charge is 0.264 e. The third-order valence-electron chi connectivity index (χ3n) is 5.34. The van der Waals surface area contributed by atoms with E-state index in [0.717, 1.165) is 5.56 Å². The van der Waals surface area contributed by atoms with Crippen LogP contribution in [0.1, 0.15) is 27.4 Å². The molecular formula is C24H23NO5S. The standard InChI is InChI=1S/C24H23NO5S/c1-17-11-13-18(14-12-17)31(27,28)25-15-21(24(26)20-8-3-5-9-22(20)25)19-7-4-6-10-23(19)30-16-29-2/h3-14,21H,15-16H2,1-2H3. The second kappa shape index (κ2) is 8.53. The van der Waals surface area contributed by atoms with E-state index in [9.17, 15) is 13.2 Å². The van der Waals surface area contributed by atoms with Crippen molar-refractivity contribution in [3.63, 3.8) is 0 Å². The largest absolute Gasteiger partial charge is 0.467 e. The van der Waals surface area contributed by atoms with E-state index in [-0.39, 0.29) is 24.0 Å². The minimum absolute atomic E-state index is 0.0145. The zero-order valence-corrected chi connectivity index (χ0v) is 18.1. The molecule has 0 aliphatic carbocycles. The average molecular weight is 438 g/mol. The Morgan fingerprint density at radius 3 is 2.39 bits per heavy atom. The van der Waals surface area contributed by atoms with Crippen LogP contribution in [0, 0.1) is 6.92 Å². The Kier molecular flexibility index (Phi) is 5.80.